The number of benzene rings is 4. The van der Waals surface area contributed by atoms with E-state index in [0.29, 0.717) is 43.1 Å². The lowest BCUT2D eigenvalue weighted by molar-refractivity contribution is -0.438. The highest BCUT2D eigenvalue weighted by molar-refractivity contribution is 7.86. The van der Waals surface area contributed by atoms with Crippen molar-refractivity contribution in [2.24, 2.45) is 0 Å². The summed E-state index contributed by atoms with van der Waals surface area (Å²) in [5.74, 6) is 1.98. The minimum atomic E-state index is -4.41. The number of hydrogen-bond donors (Lipinski definition) is 4. The van der Waals surface area contributed by atoms with Crippen molar-refractivity contribution >= 4 is 74.9 Å². The van der Waals surface area contributed by atoms with Crippen LogP contribution >= 0.6 is 0 Å². The van der Waals surface area contributed by atoms with Crippen molar-refractivity contribution in [3.8, 4) is 12.3 Å². The Morgan fingerprint density at radius 1 is 0.734 bits per heavy atom. The van der Waals surface area contributed by atoms with Gasteiger partial charge in [0.2, 0.25) is 11.6 Å². The molecular weight excluding hydrogens is 875 g/mol. The SMILES string of the molecule is C#CCNC(=O)CCCCC[N+]1=C(/C=C/C=C/C=C/C=C2/N(CCCCS(=O)(=O)O)c3ccc4cc(S(=O)(=O)O)ccc4c3C2(C)C)C(C)(C)c2c1ccc1cc(S(=O)(=O)O)ccc21. The Kier molecular flexibility index (Phi) is 14.2. The van der Waals surface area contributed by atoms with Crippen LogP contribution in [0.25, 0.3) is 21.5 Å². The predicted molar refractivity (Wildman–Crippen MR) is 252 cm³/mol. The van der Waals surface area contributed by atoms with Crippen LogP contribution in [0.1, 0.15) is 77.3 Å². The summed E-state index contributed by atoms with van der Waals surface area (Å²) in [4.78, 5) is 13.9. The first-order chi connectivity index (χ1) is 30.1. The molecule has 1 amide bonds. The van der Waals surface area contributed by atoms with Gasteiger partial charge in [0.15, 0.2) is 5.71 Å². The number of nitrogens with one attached hydrogen (secondary N) is 1. The molecule has 0 fully saturated rings. The number of carbonyl (C=O) groups excluding carboxylic acids is 1. The zero-order valence-corrected chi connectivity index (χ0v) is 38.7. The molecule has 2 aliphatic heterocycles. The first-order valence-electron chi connectivity index (χ1n) is 20.9. The standard InChI is InChI=1S/C48H53N3O10S3/c1-6-28-49-44(52)19-13-10-14-29-50-40-26-20-34-32-36(63(56,57)58)22-24-38(34)45(40)47(2,3)42(50)17-11-8-7-9-12-18-43-48(4,5)46-39-25-23-37(64(59,60)61)33-35(39)21-27-41(46)51(43)30-15-16-31-62(53,54)55/h1,7-9,11-12,17-18,20-27,32-33H,10,13-16,19,28-31H2,2-5H3,(H3-,49,52,53,54,55,56,57,58,59,60,61)/p+1. The molecule has 64 heavy (non-hydrogen) atoms. The third-order valence-corrected chi connectivity index (χ3v) is 14.4. The third kappa shape index (κ3) is 10.6. The van der Waals surface area contributed by atoms with Gasteiger partial charge in [0, 0.05) is 53.9 Å². The fourth-order valence-corrected chi connectivity index (χ4v) is 10.6. The molecule has 4 N–H and O–H groups in total. The lowest BCUT2D eigenvalue weighted by Crippen LogP contribution is -2.28. The van der Waals surface area contributed by atoms with Crippen molar-refractivity contribution in [1.82, 2.24) is 5.32 Å². The summed E-state index contributed by atoms with van der Waals surface area (Å²) in [6, 6.07) is 16.7. The minimum absolute atomic E-state index is 0.0792. The van der Waals surface area contributed by atoms with Crippen molar-refractivity contribution in [1.29, 1.82) is 0 Å². The highest BCUT2D eigenvalue weighted by atomic mass is 32.2. The first-order valence-corrected chi connectivity index (χ1v) is 25.4. The van der Waals surface area contributed by atoms with Crippen LogP contribution in [0.3, 0.4) is 0 Å². The zero-order chi connectivity index (χ0) is 46.7. The van der Waals surface area contributed by atoms with Gasteiger partial charge in [-0.25, -0.2) is 0 Å². The van der Waals surface area contributed by atoms with E-state index in [9.17, 15) is 43.7 Å². The Morgan fingerprint density at radius 3 is 1.97 bits per heavy atom. The molecule has 2 aliphatic rings. The molecule has 4 aromatic carbocycles. The molecule has 0 spiro atoms. The number of anilines is 1. The Bertz CT molecular complexity index is 3050. The topological polar surface area (TPSA) is 198 Å². The van der Waals surface area contributed by atoms with E-state index < -0.39 is 41.2 Å². The number of allylic oxidation sites excluding steroid dienone is 8. The summed E-state index contributed by atoms with van der Waals surface area (Å²) in [7, 11) is -12.9. The van der Waals surface area contributed by atoms with Crippen LogP contribution in [-0.2, 0) is 46.0 Å². The normalized spacial score (nSPS) is 16.8. The van der Waals surface area contributed by atoms with Crippen LogP contribution in [-0.4, -0.2) is 80.5 Å². The monoisotopic (exact) mass is 928 g/mol. The molecule has 0 bridgehead atoms. The molecule has 16 heteroatoms. The molecular formula is C48H54N3O10S3+. The molecule has 0 saturated heterocycles. The van der Waals surface area contributed by atoms with E-state index in [2.05, 4.69) is 54.5 Å². The molecule has 4 aromatic rings. The lowest BCUT2D eigenvalue weighted by atomic mass is 9.79. The van der Waals surface area contributed by atoms with Crippen LogP contribution in [0, 0.1) is 12.3 Å². The van der Waals surface area contributed by atoms with Gasteiger partial charge in [0.1, 0.15) is 6.54 Å². The molecule has 2 heterocycles. The van der Waals surface area contributed by atoms with Crippen LogP contribution in [0.2, 0.25) is 0 Å². The maximum absolute atomic E-state index is 12.1. The maximum atomic E-state index is 12.1. The number of hydrogen-bond acceptors (Lipinski definition) is 8. The van der Waals surface area contributed by atoms with Crippen molar-refractivity contribution < 1.29 is 48.3 Å². The average Bonchev–Trinajstić information content (AvgIpc) is 3.57. The van der Waals surface area contributed by atoms with E-state index in [1.807, 2.05) is 54.7 Å². The Hall–Kier alpha value is -5.41. The number of terminal acetylenes is 1. The second-order valence-corrected chi connectivity index (χ2v) is 21.5. The summed E-state index contributed by atoms with van der Waals surface area (Å²) in [5, 5.41) is 5.73. The van der Waals surface area contributed by atoms with Gasteiger partial charge in [-0.3, -0.25) is 18.5 Å². The van der Waals surface area contributed by atoms with Gasteiger partial charge in [-0.05, 0) is 109 Å². The molecule has 0 saturated carbocycles. The van der Waals surface area contributed by atoms with E-state index in [4.69, 9.17) is 6.42 Å². The number of carbonyl (C=O) groups is 1. The minimum Gasteiger partial charge on any atom is -0.345 e. The summed E-state index contributed by atoms with van der Waals surface area (Å²) in [5.41, 5.74) is 4.77. The second kappa shape index (κ2) is 19.0. The Labute approximate surface area is 376 Å². The van der Waals surface area contributed by atoms with Crippen molar-refractivity contribution in [2.75, 3.05) is 30.3 Å². The van der Waals surface area contributed by atoms with E-state index in [1.165, 1.54) is 24.3 Å². The summed E-state index contributed by atoms with van der Waals surface area (Å²) in [6.07, 6.45) is 22.4. The highest BCUT2D eigenvalue weighted by Gasteiger charge is 2.45. The average molecular weight is 929 g/mol. The van der Waals surface area contributed by atoms with Crippen molar-refractivity contribution in [3.63, 3.8) is 0 Å². The van der Waals surface area contributed by atoms with Gasteiger partial charge in [-0.1, -0.05) is 68.3 Å². The summed E-state index contributed by atoms with van der Waals surface area (Å²) in [6.45, 7) is 9.72. The first kappa shape index (κ1) is 48.1. The van der Waals surface area contributed by atoms with Gasteiger partial charge < -0.3 is 10.2 Å². The number of fused-ring (bicyclic) bond motifs is 6. The van der Waals surface area contributed by atoms with E-state index in [0.717, 1.165) is 57.5 Å². The lowest BCUT2D eigenvalue weighted by Gasteiger charge is -2.27. The summed E-state index contributed by atoms with van der Waals surface area (Å²) >= 11 is 0. The number of amides is 1. The van der Waals surface area contributed by atoms with Gasteiger partial charge in [-0.15, -0.1) is 6.42 Å². The van der Waals surface area contributed by atoms with Gasteiger partial charge >= 0.3 is 0 Å². The number of rotatable bonds is 18. The fraction of sp³-hybridized carbons (Fsp3) is 0.333. The molecule has 0 radical (unpaired) electrons. The predicted octanol–water partition coefficient (Wildman–Crippen LogP) is 8.19. The van der Waals surface area contributed by atoms with Gasteiger partial charge in [-0.2, -0.15) is 29.8 Å². The highest BCUT2D eigenvalue weighted by Crippen LogP contribution is 2.51. The Balaban J connectivity index is 1.27. The number of nitrogens with zero attached hydrogens (tertiary/aromatic N) is 2. The molecule has 338 valence electrons. The molecule has 6 rings (SSSR count). The van der Waals surface area contributed by atoms with Crippen LogP contribution in [0.15, 0.2) is 119 Å². The maximum Gasteiger partial charge on any atom is 0.294 e. The van der Waals surface area contributed by atoms with Crippen LogP contribution in [0.4, 0.5) is 11.4 Å². The molecule has 13 nitrogen and oxygen atoms in total. The molecule has 0 atom stereocenters. The number of unbranched alkanes of at least 4 members (excludes halogenated alkanes) is 3. The zero-order valence-electron chi connectivity index (χ0n) is 36.3. The largest absolute Gasteiger partial charge is 0.345 e. The molecule has 0 aliphatic carbocycles. The van der Waals surface area contributed by atoms with Gasteiger partial charge in [0.05, 0.1) is 27.5 Å². The van der Waals surface area contributed by atoms with Crippen molar-refractivity contribution in [2.45, 2.75) is 86.8 Å². The Morgan fingerprint density at radius 2 is 1.34 bits per heavy atom. The molecule has 0 aromatic heterocycles. The fourth-order valence-electron chi connectivity index (χ4n) is 8.96. The van der Waals surface area contributed by atoms with E-state index in [1.54, 1.807) is 18.2 Å². The van der Waals surface area contributed by atoms with Crippen molar-refractivity contribution in [3.05, 3.63) is 120 Å². The van der Waals surface area contributed by atoms with Crippen LogP contribution < -0.4 is 10.2 Å². The van der Waals surface area contributed by atoms with E-state index >= 15 is 0 Å². The second-order valence-electron chi connectivity index (χ2n) is 17.0. The van der Waals surface area contributed by atoms with Gasteiger partial charge in [0.25, 0.3) is 30.4 Å². The molecule has 0 unspecified atom stereocenters. The quantitative estimate of drug-likeness (QED) is 0.0247. The third-order valence-electron chi connectivity index (χ3n) is 11.9. The summed E-state index contributed by atoms with van der Waals surface area (Å²) < 4.78 is 102. The van der Waals surface area contributed by atoms with Crippen LogP contribution in [0.5, 0.6) is 0 Å². The van der Waals surface area contributed by atoms with E-state index in [-0.39, 0.29) is 34.4 Å². The smallest absolute Gasteiger partial charge is 0.294 e.